The zero-order valence-electron chi connectivity index (χ0n) is 11.0. The van der Waals surface area contributed by atoms with Crippen molar-refractivity contribution < 1.29 is 0 Å². The molecule has 1 aromatic rings. The molecule has 1 atom stereocenters. The summed E-state index contributed by atoms with van der Waals surface area (Å²) in [7, 11) is 2.07. The van der Waals surface area contributed by atoms with Crippen molar-refractivity contribution in [2.24, 2.45) is 11.7 Å². The number of hydrogen-bond donors (Lipinski definition) is 2. The van der Waals surface area contributed by atoms with Gasteiger partial charge in [-0.25, -0.2) is 0 Å². The van der Waals surface area contributed by atoms with Crippen molar-refractivity contribution in [1.82, 2.24) is 5.32 Å². The molecule has 2 nitrogen and oxygen atoms in total. The molecule has 0 spiro atoms. The molecule has 1 unspecified atom stereocenters. The molecule has 18 heavy (non-hydrogen) atoms. The Morgan fingerprint density at radius 3 is 2.94 bits per heavy atom. The Labute approximate surface area is 114 Å². The van der Waals surface area contributed by atoms with Gasteiger partial charge in [0, 0.05) is 17.0 Å². The fourth-order valence-corrected chi connectivity index (χ4v) is 4.25. The van der Waals surface area contributed by atoms with Crippen molar-refractivity contribution in [3.63, 3.8) is 0 Å². The molecule has 0 aromatic heterocycles. The van der Waals surface area contributed by atoms with E-state index in [1.807, 2.05) is 11.8 Å². The molecule has 2 aliphatic rings. The van der Waals surface area contributed by atoms with Gasteiger partial charge in [-0.05, 0) is 61.6 Å². The van der Waals surface area contributed by atoms with Gasteiger partial charge in [0.1, 0.15) is 0 Å². The van der Waals surface area contributed by atoms with Crippen molar-refractivity contribution in [1.29, 1.82) is 0 Å². The van der Waals surface area contributed by atoms with Gasteiger partial charge in [0.2, 0.25) is 0 Å². The number of hydrogen-bond acceptors (Lipinski definition) is 3. The number of nitrogens with one attached hydrogen (secondary N) is 1. The van der Waals surface area contributed by atoms with Crippen LogP contribution >= 0.6 is 11.8 Å². The van der Waals surface area contributed by atoms with Crippen LogP contribution in [0.4, 0.5) is 0 Å². The standard InChI is InChI=1S/C15H22N2S/c1-17-15(12-8-13(16)9-12)11-4-5-14-10(7-11)3-2-6-18-14/h4-5,7,12-13,15,17H,2-3,6,8-9,16H2,1H3. The third-order valence-corrected chi connectivity index (χ3v) is 5.49. The summed E-state index contributed by atoms with van der Waals surface area (Å²) in [4.78, 5) is 1.49. The summed E-state index contributed by atoms with van der Waals surface area (Å²) < 4.78 is 0. The van der Waals surface area contributed by atoms with Crippen LogP contribution in [0.1, 0.15) is 36.4 Å². The van der Waals surface area contributed by atoms with E-state index >= 15 is 0 Å². The lowest BCUT2D eigenvalue weighted by molar-refractivity contribution is 0.204. The van der Waals surface area contributed by atoms with Gasteiger partial charge in [-0.1, -0.05) is 12.1 Å². The topological polar surface area (TPSA) is 38.0 Å². The predicted molar refractivity (Wildman–Crippen MR) is 78.0 cm³/mol. The highest BCUT2D eigenvalue weighted by Crippen LogP contribution is 2.39. The van der Waals surface area contributed by atoms with E-state index in [1.165, 1.54) is 29.1 Å². The van der Waals surface area contributed by atoms with Crippen molar-refractivity contribution >= 4 is 11.8 Å². The fourth-order valence-electron chi connectivity index (χ4n) is 3.23. The second-order valence-corrected chi connectivity index (χ2v) is 6.71. The zero-order valence-corrected chi connectivity index (χ0v) is 11.8. The Kier molecular flexibility index (Phi) is 3.64. The molecule has 3 heteroatoms. The van der Waals surface area contributed by atoms with Crippen molar-refractivity contribution in [3.8, 4) is 0 Å². The fraction of sp³-hybridized carbons (Fsp3) is 0.600. The molecule has 1 aliphatic carbocycles. The molecule has 0 saturated heterocycles. The van der Waals surface area contributed by atoms with Crippen LogP contribution in [0, 0.1) is 5.92 Å². The molecule has 0 amide bonds. The molecule has 1 heterocycles. The minimum atomic E-state index is 0.430. The third kappa shape index (κ3) is 2.31. The number of nitrogens with two attached hydrogens (primary N) is 1. The quantitative estimate of drug-likeness (QED) is 0.879. The Morgan fingerprint density at radius 2 is 2.22 bits per heavy atom. The van der Waals surface area contributed by atoms with Crippen LogP contribution < -0.4 is 11.1 Å². The van der Waals surface area contributed by atoms with Gasteiger partial charge in [0.05, 0.1) is 0 Å². The van der Waals surface area contributed by atoms with E-state index in [2.05, 4.69) is 30.6 Å². The maximum absolute atomic E-state index is 5.92. The second-order valence-electron chi connectivity index (χ2n) is 5.58. The van der Waals surface area contributed by atoms with Gasteiger partial charge in [0.15, 0.2) is 0 Å². The lowest BCUT2D eigenvalue weighted by Gasteiger charge is -2.39. The second kappa shape index (κ2) is 5.24. The molecule has 1 saturated carbocycles. The first-order valence-corrected chi connectivity index (χ1v) is 7.95. The van der Waals surface area contributed by atoms with E-state index in [0.717, 1.165) is 18.8 Å². The molecular weight excluding hydrogens is 240 g/mol. The smallest absolute Gasteiger partial charge is 0.0347 e. The van der Waals surface area contributed by atoms with E-state index in [1.54, 1.807) is 5.56 Å². The summed E-state index contributed by atoms with van der Waals surface area (Å²) >= 11 is 2.00. The van der Waals surface area contributed by atoms with E-state index in [0.29, 0.717) is 12.1 Å². The number of benzene rings is 1. The summed E-state index contributed by atoms with van der Waals surface area (Å²) in [5.74, 6) is 2.00. The average Bonchev–Trinajstić information content (AvgIpc) is 2.37. The minimum Gasteiger partial charge on any atom is -0.328 e. The van der Waals surface area contributed by atoms with E-state index < -0.39 is 0 Å². The van der Waals surface area contributed by atoms with Gasteiger partial charge < -0.3 is 11.1 Å². The normalized spacial score (nSPS) is 28.3. The molecular formula is C15H22N2S. The monoisotopic (exact) mass is 262 g/mol. The maximum Gasteiger partial charge on any atom is 0.0347 e. The Morgan fingerprint density at radius 1 is 1.39 bits per heavy atom. The number of thioether (sulfide) groups is 1. The van der Waals surface area contributed by atoms with Crippen LogP contribution in [0.2, 0.25) is 0 Å². The Hall–Kier alpha value is -0.510. The lowest BCUT2D eigenvalue weighted by atomic mass is 9.74. The molecule has 1 aliphatic heterocycles. The molecule has 98 valence electrons. The van der Waals surface area contributed by atoms with E-state index in [-0.39, 0.29) is 0 Å². The Bertz CT molecular complexity index is 427. The van der Waals surface area contributed by atoms with Gasteiger partial charge in [-0.2, -0.15) is 0 Å². The molecule has 0 radical (unpaired) electrons. The maximum atomic E-state index is 5.92. The summed E-state index contributed by atoms with van der Waals surface area (Å²) in [5.41, 5.74) is 8.92. The van der Waals surface area contributed by atoms with Gasteiger partial charge in [-0.15, -0.1) is 11.8 Å². The first-order chi connectivity index (χ1) is 8.78. The van der Waals surface area contributed by atoms with Gasteiger partial charge in [-0.3, -0.25) is 0 Å². The predicted octanol–water partition coefficient (Wildman–Crippen LogP) is 2.72. The molecule has 1 aromatic carbocycles. The molecule has 3 rings (SSSR count). The van der Waals surface area contributed by atoms with E-state index in [9.17, 15) is 0 Å². The lowest BCUT2D eigenvalue weighted by Crippen LogP contribution is -2.42. The summed E-state index contributed by atoms with van der Waals surface area (Å²) in [6, 6.07) is 7.97. The van der Waals surface area contributed by atoms with Crippen molar-refractivity contribution in [3.05, 3.63) is 29.3 Å². The number of rotatable bonds is 3. The summed E-state index contributed by atoms with van der Waals surface area (Å²) in [6.07, 6.45) is 4.89. The van der Waals surface area contributed by atoms with Crippen LogP contribution in [0.25, 0.3) is 0 Å². The molecule has 1 fully saturated rings. The summed E-state index contributed by atoms with van der Waals surface area (Å²) in [5, 5.41) is 3.49. The Balaban J connectivity index is 1.81. The zero-order chi connectivity index (χ0) is 12.5. The van der Waals surface area contributed by atoms with E-state index in [4.69, 9.17) is 5.73 Å². The van der Waals surface area contributed by atoms with Crippen LogP contribution in [0.5, 0.6) is 0 Å². The highest BCUT2D eigenvalue weighted by atomic mass is 32.2. The van der Waals surface area contributed by atoms with Gasteiger partial charge in [0.25, 0.3) is 0 Å². The first-order valence-electron chi connectivity index (χ1n) is 6.96. The van der Waals surface area contributed by atoms with Crippen LogP contribution in [-0.4, -0.2) is 18.8 Å². The highest BCUT2D eigenvalue weighted by Gasteiger charge is 2.33. The minimum absolute atomic E-state index is 0.430. The number of fused-ring (bicyclic) bond motifs is 1. The van der Waals surface area contributed by atoms with Crippen molar-refractivity contribution in [2.45, 2.75) is 42.7 Å². The largest absolute Gasteiger partial charge is 0.328 e. The first kappa shape index (κ1) is 12.5. The summed E-state index contributed by atoms with van der Waals surface area (Å²) in [6.45, 7) is 0. The SMILES string of the molecule is CNC(c1ccc2c(c1)CCCS2)C1CC(N)C1. The molecule has 3 N–H and O–H groups in total. The van der Waals surface area contributed by atoms with Crippen LogP contribution in [0.15, 0.2) is 23.1 Å². The highest BCUT2D eigenvalue weighted by molar-refractivity contribution is 7.99. The van der Waals surface area contributed by atoms with Gasteiger partial charge >= 0.3 is 0 Å². The van der Waals surface area contributed by atoms with Crippen LogP contribution in [-0.2, 0) is 6.42 Å². The van der Waals surface area contributed by atoms with Crippen molar-refractivity contribution in [2.75, 3.05) is 12.8 Å². The van der Waals surface area contributed by atoms with Crippen LogP contribution in [0.3, 0.4) is 0 Å². The molecule has 0 bridgehead atoms. The third-order valence-electron chi connectivity index (χ3n) is 4.29. The number of aryl methyl sites for hydroxylation is 1. The average molecular weight is 262 g/mol.